The molecule has 2 heterocycles. The van der Waals surface area contributed by atoms with Crippen molar-refractivity contribution in [2.75, 3.05) is 13.7 Å². The first-order valence-corrected chi connectivity index (χ1v) is 12.6. The highest BCUT2D eigenvalue weighted by Gasteiger charge is 2.40. The Morgan fingerprint density at radius 3 is 2.59 bits per heavy atom. The molecule has 1 aromatic carbocycles. The van der Waals surface area contributed by atoms with Crippen molar-refractivity contribution in [3.8, 4) is 22.6 Å². The van der Waals surface area contributed by atoms with Crippen LogP contribution in [0.1, 0.15) is 56.0 Å². The predicted molar refractivity (Wildman–Crippen MR) is 137 cm³/mol. The lowest BCUT2D eigenvalue weighted by Crippen LogP contribution is -2.41. The van der Waals surface area contributed by atoms with Crippen molar-refractivity contribution < 1.29 is 37.0 Å². The zero-order valence-electron chi connectivity index (χ0n) is 22.1. The summed E-state index contributed by atoms with van der Waals surface area (Å²) in [6.45, 7) is 2.72. The second-order valence-corrected chi connectivity index (χ2v) is 9.77. The number of aromatic nitrogens is 2. The molecule has 4 rings (SSSR count). The number of carbonyl (C=O) groups excluding carboxylic acids is 2. The summed E-state index contributed by atoms with van der Waals surface area (Å²) >= 11 is 0. The van der Waals surface area contributed by atoms with Crippen LogP contribution in [0.2, 0.25) is 0 Å². The first-order valence-electron chi connectivity index (χ1n) is 12.6. The van der Waals surface area contributed by atoms with Gasteiger partial charge in [0.25, 0.3) is 5.91 Å². The maximum Gasteiger partial charge on any atom is 0.407 e. The topological polar surface area (TPSA) is 103 Å². The lowest BCUT2D eigenvalue weighted by molar-refractivity contribution is -0.0515. The summed E-state index contributed by atoms with van der Waals surface area (Å²) in [5, 5.41) is 9.75. The molecule has 2 amide bonds. The fourth-order valence-corrected chi connectivity index (χ4v) is 4.17. The van der Waals surface area contributed by atoms with Gasteiger partial charge in [-0.25, -0.2) is 13.7 Å². The van der Waals surface area contributed by atoms with E-state index in [1.165, 1.54) is 25.4 Å². The monoisotopic (exact) mass is 548 g/mol. The van der Waals surface area contributed by atoms with Gasteiger partial charge in [-0.15, -0.1) is 0 Å². The standard InChI is InChI=1S/C27H31F3N4O5/c1-5-6-11-38-26(36)33-27(2,3)15-7-9-20-17(13-31-34(20)14-15)16-8-10-21(37-4)23(39-25(29)30)22(16)24(35)32-19-12-18(19)28/h7-10,13-14,18-19,25H,5-6,11-12H2,1-4H3,(H,32,35)(H,33,36)/t18-,19+/m0/s1. The van der Waals surface area contributed by atoms with Crippen LogP contribution in [0, 0.1) is 0 Å². The van der Waals surface area contributed by atoms with Crippen LogP contribution in [-0.2, 0) is 10.3 Å². The van der Waals surface area contributed by atoms with Gasteiger partial charge in [0.15, 0.2) is 11.5 Å². The van der Waals surface area contributed by atoms with Gasteiger partial charge in [-0.1, -0.05) is 19.4 Å². The lowest BCUT2D eigenvalue weighted by Gasteiger charge is -2.26. The molecule has 3 aromatic rings. The molecule has 39 heavy (non-hydrogen) atoms. The van der Waals surface area contributed by atoms with Crippen molar-refractivity contribution in [2.24, 2.45) is 0 Å². The van der Waals surface area contributed by atoms with E-state index in [1.54, 1.807) is 22.8 Å². The average Bonchev–Trinajstić information content (AvgIpc) is 3.40. The molecule has 9 nitrogen and oxygen atoms in total. The Labute approximate surface area is 223 Å². The molecule has 210 valence electrons. The third kappa shape index (κ3) is 6.21. The molecule has 1 fully saturated rings. The Balaban J connectivity index is 1.72. The van der Waals surface area contributed by atoms with Crippen LogP contribution < -0.4 is 20.1 Å². The van der Waals surface area contributed by atoms with Gasteiger partial charge in [0.05, 0.1) is 42.6 Å². The number of halogens is 3. The Hall–Kier alpha value is -3.96. The van der Waals surface area contributed by atoms with E-state index >= 15 is 0 Å². The van der Waals surface area contributed by atoms with E-state index in [9.17, 15) is 22.8 Å². The largest absolute Gasteiger partial charge is 0.493 e. The normalized spacial score (nSPS) is 16.7. The number of alkyl carbamates (subject to hydrolysis) is 1. The van der Waals surface area contributed by atoms with Crippen LogP contribution in [0.5, 0.6) is 11.5 Å². The first-order chi connectivity index (χ1) is 18.6. The summed E-state index contributed by atoms with van der Waals surface area (Å²) < 4.78 is 56.9. The quantitative estimate of drug-likeness (QED) is 0.319. The van der Waals surface area contributed by atoms with Gasteiger partial charge < -0.3 is 24.8 Å². The second-order valence-electron chi connectivity index (χ2n) is 9.77. The minimum absolute atomic E-state index is 0.0748. The first kappa shape index (κ1) is 28.1. The maximum atomic E-state index is 13.5. The van der Waals surface area contributed by atoms with Crippen molar-refractivity contribution in [2.45, 2.75) is 64.4 Å². The molecule has 2 N–H and O–H groups in total. The molecule has 0 bridgehead atoms. The fraction of sp³-hybridized carbons (Fsp3) is 0.444. The van der Waals surface area contributed by atoms with Gasteiger partial charge in [-0.05, 0) is 44.0 Å². The number of nitrogens with zero attached hydrogens (tertiary/aromatic N) is 2. The maximum absolute atomic E-state index is 13.5. The average molecular weight is 549 g/mol. The molecule has 1 saturated carbocycles. The molecule has 0 aliphatic heterocycles. The molecule has 2 aromatic heterocycles. The third-order valence-corrected chi connectivity index (χ3v) is 6.48. The van der Waals surface area contributed by atoms with Crippen molar-refractivity contribution in [3.63, 3.8) is 0 Å². The van der Waals surface area contributed by atoms with E-state index in [4.69, 9.17) is 14.2 Å². The van der Waals surface area contributed by atoms with Crippen LogP contribution in [0.15, 0.2) is 36.7 Å². The Morgan fingerprint density at radius 1 is 1.21 bits per heavy atom. The summed E-state index contributed by atoms with van der Waals surface area (Å²) in [6, 6.07) is 5.76. The SMILES string of the molecule is CCCCOC(=O)NC(C)(C)c1ccc2c(-c3ccc(OC)c(OC(F)F)c3C(=O)N[C@@H]3C[C@@H]3F)cnn2c1. The Bertz CT molecular complexity index is 1360. The van der Waals surface area contributed by atoms with Crippen LogP contribution in [0.25, 0.3) is 16.6 Å². The fourth-order valence-electron chi connectivity index (χ4n) is 4.17. The van der Waals surface area contributed by atoms with Crippen LogP contribution in [0.3, 0.4) is 0 Å². The molecular weight excluding hydrogens is 517 g/mol. The van der Waals surface area contributed by atoms with E-state index in [1.807, 2.05) is 20.8 Å². The van der Waals surface area contributed by atoms with Crippen molar-refractivity contribution >= 4 is 17.5 Å². The highest BCUT2D eigenvalue weighted by molar-refractivity contribution is 6.06. The zero-order chi connectivity index (χ0) is 28.3. The van der Waals surface area contributed by atoms with E-state index in [0.717, 1.165) is 12.8 Å². The molecule has 0 spiro atoms. The van der Waals surface area contributed by atoms with Crippen LogP contribution in [0.4, 0.5) is 18.0 Å². The van der Waals surface area contributed by atoms with Crippen molar-refractivity contribution in [3.05, 3.63) is 47.8 Å². The minimum Gasteiger partial charge on any atom is -0.493 e. The lowest BCUT2D eigenvalue weighted by atomic mass is 9.95. The zero-order valence-corrected chi connectivity index (χ0v) is 22.1. The molecular formula is C27H31F3N4O5. The molecule has 0 saturated heterocycles. The number of alkyl halides is 3. The number of hydrogen-bond acceptors (Lipinski definition) is 6. The summed E-state index contributed by atoms with van der Waals surface area (Å²) in [7, 11) is 1.26. The second kappa shape index (κ2) is 11.4. The number of benzene rings is 1. The van der Waals surface area contributed by atoms with Gasteiger partial charge >= 0.3 is 12.7 Å². The summed E-state index contributed by atoms with van der Waals surface area (Å²) in [5.41, 5.74) is 0.946. The number of ether oxygens (including phenoxy) is 3. The number of methoxy groups -OCH3 is 1. The summed E-state index contributed by atoms with van der Waals surface area (Å²) in [4.78, 5) is 25.4. The highest BCUT2D eigenvalue weighted by atomic mass is 19.3. The van der Waals surface area contributed by atoms with Gasteiger partial charge in [-0.2, -0.15) is 13.9 Å². The smallest absolute Gasteiger partial charge is 0.407 e. The number of hydrogen-bond donors (Lipinski definition) is 2. The van der Waals surface area contributed by atoms with Crippen LogP contribution >= 0.6 is 0 Å². The number of fused-ring (bicyclic) bond motifs is 1. The number of amides is 2. The van der Waals surface area contributed by atoms with E-state index < -0.39 is 42.1 Å². The van der Waals surface area contributed by atoms with Crippen molar-refractivity contribution in [1.82, 2.24) is 20.2 Å². The van der Waals surface area contributed by atoms with E-state index in [2.05, 4.69) is 15.7 Å². The van der Waals surface area contributed by atoms with Crippen LogP contribution in [-0.4, -0.2) is 54.2 Å². The third-order valence-electron chi connectivity index (χ3n) is 6.48. The summed E-state index contributed by atoms with van der Waals surface area (Å²) in [6.07, 6.45) is 3.27. The highest BCUT2D eigenvalue weighted by Crippen LogP contribution is 2.41. The molecule has 0 unspecified atom stereocenters. The van der Waals surface area contributed by atoms with Gasteiger partial charge in [-0.3, -0.25) is 4.79 Å². The molecule has 0 radical (unpaired) electrons. The van der Waals surface area contributed by atoms with Gasteiger partial charge in [0.2, 0.25) is 0 Å². The predicted octanol–water partition coefficient (Wildman–Crippen LogP) is 5.21. The number of rotatable bonds is 11. The Kier molecular flexibility index (Phi) is 8.22. The molecule has 12 heteroatoms. The molecule has 1 aliphatic carbocycles. The number of nitrogens with one attached hydrogen (secondary N) is 2. The molecule has 1 aliphatic rings. The van der Waals surface area contributed by atoms with E-state index in [0.29, 0.717) is 23.3 Å². The number of pyridine rings is 1. The summed E-state index contributed by atoms with van der Waals surface area (Å²) in [5.74, 6) is -1.30. The van der Waals surface area contributed by atoms with E-state index in [-0.39, 0.29) is 23.3 Å². The minimum atomic E-state index is -3.23. The number of carbonyl (C=O) groups is 2. The molecule has 2 atom stereocenters. The van der Waals surface area contributed by atoms with Gasteiger partial charge in [0.1, 0.15) is 6.17 Å². The number of unbranched alkanes of at least 4 members (excludes halogenated alkanes) is 1. The van der Waals surface area contributed by atoms with Crippen molar-refractivity contribution in [1.29, 1.82) is 0 Å². The van der Waals surface area contributed by atoms with Gasteiger partial charge in [0, 0.05) is 23.7 Å². The Morgan fingerprint density at radius 2 is 1.95 bits per heavy atom.